The van der Waals surface area contributed by atoms with Crippen molar-refractivity contribution < 1.29 is 24.2 Å². The van der Waals surface area contributed by atoms with Crippen LogP contribution in [-0.2, 0) is 9.59 Å². The van der Waals surface area contributed by atoms with Crippen molar-refractivity contribution in [3.05, 3.63) is 77.3 Å². The van der Waals surface area contributed by atoms with E-state index in [1.54, 1.807) is 42.7 Å². The van der Waals surface area contributed by atoms with Crippen LogP contribution in [0.3, 0.4) is 0 Å². The van der Waals surface area contributed by atoms with E-state index >= 15 is 0 Å². The number of carboxylic acid groups (broad SMARTS) is 1. The number of carboxylic acids is 1. The second-order valence-electron chi connectivity index (χ2n) is 5.98. The number of hydrogen-bond acceptors (Lipinski definition) is 5. The fraction of sp³-hybridized carbons (Fsp3) is 0.100. The Kier molecular flexibility index (Phi) is 5.50. The molecule has 0 aliphatic carbocycles. The normalized spacial score (nSPS) is 16.5. The minimum atomic E-state index is -1.13. The quantitative estimate of drug-likeness (QED) is 0.417. The van der Waals surface area contributed by atoms with Gasteiger partial charge in [0.25, 0.3) is 0 Å². The van der Waals surface area contributed by atoms with E-state index in [4.69, 9.17) is 4.74 Å². The number of benzene rings is 1. The van der Waals surface area contributed by atoms with Gasteiger partial charge in [-0.25, -0.2) is 14.4 Å². The number of aromatic nitrogens is 1. The number of hydrogen-bond donors (Lipinski definition) is 3. The molecule has 2 heterocycles. The van der Waals surface area contributed by atoms with E-state index in [0.717, 1.165) is 5.56 Å². The van der Waals surface area contributed by atoms with E-state index in [1.807, 2.05) is 0 Å². The van der Waals surface area contributed by atoms with E-state index in [-0.39, 0.29) is 11.3 Å². The number of esters is 1. The van der Waals surface area contributed by atoms with Gasteiger partial charge in [-0.05, 0) is 48.4 Å². The average Bonchev–Trinajstić information content (AvgIpc) is 2.67. The summed E-state index contributed by atoms with van der Waals surface area (Å²) >= 11 is 0. The minimum Gasteiger partial charge on any atom is -0.478 e. The largest absolute Gasteiger partial charge is 0.478 e. The van der Waals surface area contributed by atoms with E-state index < -0.39 is 24.0 Å². The molecule has 1 aromatic heterocycles. The lowest BCUT2D eigenvalue weighted by Gasteiger charge is -2.27. The molecule has 1 atom stereocenters. The number of nitrogens with one attached hydrogen (secondary N) is 2. The zero-order valence-corrected chi connectivity index (χ0v) is 14.9. The van der Waals surface area contributed by atoms with Crippen LogP contribution in [0.2, 0.25) is 0 Å². The van der Waals surface area contributed by atoms with Gasteiger partial charge >= 0.3 is 18.0 Å². The predicted molar refractivity (Wildman–Crippen MR) is 100 cm³/mol. The lowest BCUT2D eigenvalue weighted by Crippen LogP contribution is -2.45. The van der Waals surface area contributed by atoms with Crippen molar-refractivity contribution in [2.45, 2.75) is 13.0 Å². The fourth-order valence-corrected chi connectivity index (χ4v) is 2.74. The second kappa shape index (κ2) is 8.17. The summed E-state index contributed by atoms with van der Waals surface area (Å²) in [6, 6.07) is 8.49. The molecule has 2 aromatic rings. The van der Waals surface area contributed by atoms with Crippen molar-refractivity contribution in [1.29, 1.82) is 0 Å². The van der Waals surface area contributed by atoms with E-state index in [1.165, 1.54) is 25.1 Å². The molecule has 8 nitrogen and oxygen atoms in total. The van der Waals surface area contributed by atoms with Gasteiger partial charge in [-0.2, -0.15) is 0 Å². The van der Waals surface area contributed by atoms with Crippen molar-refractivity contribution in [1.82, 2.24) is 15.6 Å². The molecule has 28 heavy (non-hydrogen) atoms. The molecular formula is C20H17N3O5. The van der Waals surface area contributed by atoms with E-state index in [9.17, 15) is 19.5 Å². The number of ether oxygens (including phenoxy) is 1. The number of carbonyl (C=O) groups excluding carboxylic acids is 2. The Morgan fingerprint density at radius 1 is 1.14 bits per heavy atom. The summed E-state index contributed by atoms with van der Waals surface area (Å²) in [6.07, 6.45) is 6.14. The highest BCUT2D eigenvalue weighted by Gasteiger charge is 2.30. The zero-order chi connectivity index (χ0) is 20.1. The molecule has 0 saturated heterocycles. The van der Waals surface area contributed by atoms with Crippen LogP contribution in [0, 0.1) is 0 Å². The van der Waals surface area contributed by atoms with Crippen molar-refractivity contribution in [2.24, 2.45) is 0 Å². The Hall–Kier alpha value is -3.94. The minimum absolute atomic E-state index is 0.0460. The van der Waals surface area contributed by atoms with Crippen LogP contribution in [0.4, 0.5) is 4.79 Å². The zero-order valence-electron chi connectivity index (χ0n) is 14.9. The van der Waals surface area contributed by atoms with Crippen molar-refractivity contribution >= 4 is 24.0 Å². The number of amides is 2. The first-order chi connectivity index (χ1) is 13.4. The van der Waals surface area contributed by atoms with Gasteiger partial charge in [0.05, 0.1) is 11.6 Å². The Morgan fingerprint density at radius 2 is 1.82 bits per heavy atom. The van der Waals surface area contributed by atoms with Crippen molar-refractivity contribution in [3.63, 3.8) is 0 Å². The topological polar surface area (TPSA) is 118 Å². The number of pyridine rings is 1. The van der Waals surface area contributed by atoms with E-state index in [2.05, 4.69) is 15.6 Å². The van der Waals surface area contributed by atoms with Gasteiger partial charge in [-0.3, -0.25) is 4.98 Å². The molecule has 1 aliphatic heterocycles. The third kappa shape index (κ3) is 4.42. The number of carbonyl (C=O) groups is 3. The van der Waals surface area contributed by atoms with Crippen LogP contribution in [0.5, 0.6) is 5.75 Å². The summed E-state index contributed by atoms with van der Waals surface area (Å²) in [5, 5.41) is 14.4. The molecule has 0 radical (unpaired) electrons. The SMILES string of the molecule is CC1=C(C(=O)O)C(c2ccc(OC(=O)C=Cc3ccncc3)cc2)NC(=O)N1. The maximum absolute atomic E-state index is 11.9. The summed E-state index contributed by atoms with van der Waals surface area (Å²) in [5.74, 6) is -1.39. The molecule has 0 bridgehead atoms. The van der Waals surface area contributed by atoms with E-state index in [0.29, 0.717) is 11.3 Å². The van der Waals surface area contributed by atoms with Gasteiger partial charge in [0, 0.05) is 24.2 Å². The number of nitrogens with zero attached hydrogens (tertiary/aromatic N) is 1. The van der Waals surface area contributed by atoms with Gasteiger partial charge in [-0.15, -0.1) is 0 Å². The molecule has 0 fully saturated rings. The Balaban J connectivity index is 1.72. The molecule has 3 N–H and O–H groups in total. The number of rotatable bonds is 5. The number of allylic oxidation sites excluding steroid dienone is 1. The molecule has 0 spiro atoms. The second-order valence-corrected chi connectivity index (χ2v) is 5.98. The van der Waals surface area contributed by atoms with Crippen LogP contribution in [0.15, 0.2) is 66.1 Å². The molecule has 142 valence electrons. The van der Waals surface area contributed by atoms with Gasteiger partial charge in [0.2, 0.25) is 0 Å². The first-order valence-corrected chi connectivity index (χ1v) is 8.35. The molecule has 1 unspecified atom stereocenters. The lowest BCUT2D eigenvalue weighted by molar-refractivity contribution is -0.133. The summed E-state index contributed by atoms with van der Waals surface area (Å²) in [7, 11) is 0. The van der Waals surface area contributed by atoms with Crippen LogP contribution >= 0.6 is 0 Å². The molecular weight excluding hydrogens is 362 g/mol. The molecule has 1 aliphatic rings. The molecule has 1 aromatic carbocycles. The van der Waals surface area contributed by atoms with Gasteiger partial charge in [0.15, 0.2) is 0 Å². The Labute approximate surface area is 160 Å². The first-order valence-electron chi connectivity index (χ1n) is 8.35. The lowest BCUT2D eigenvalue weighted by atomic mass is 9.95. The Bertz CT molecular complexity index is 965. The van der Waals surface area contributed by atoms with Gasteiger partial charge in [0.1, 0.15) is 5.75 Å². The summed E-state index contributed by atoms with van der Waals surface area (Å²) in [6.45, 7) is 1.53. The first kappa shape index (κ1) is 18.8. The highest BCUT2D eigenvalue weighted by molar-refractivity contribution is 5.93. The highest BCUT2D eigenvalue weighted by atomic mass is 16.5. The fourth-order valence-electron chi connectivity index (χ4n) is 2.74. The molecule has 2 amide bonds. The van der Waals surface area contributed by atoms with Crippen molar-refractivity contribution in [2.75, 3.05) is 0 Å². The number of aliphatic carboxylic acids is 1. The molecule has 3 rings (SSSR count). The van der Waals surface area contributed by atoms with Crippen LogP contribution in [0.25, 0.3) is 6.08 Å². The number of urea groups is 1. The molecule has 0 saturated carbocycles. The maximum atomic E-state index is 11.9. The maximum Gasteiger partial charge on any atom is 0.336 e. The summed E-state index contributed by atoms with van der Waals surface area (Å²) in [5.41, 5.74) is 1.69. The summed E-state index contributed by atoms with van der Waals surface area (Å²) in [4.78, 5) is 39.0. The monoisotopic (exact) mass is 379 g/mol. The smallest absolute Gasteiger partial charge is 0.336 e. The molecule has 8 heteroatoms. The van der Waals surface area contributed by atoms with Crippen LogP contribution < -0.4 is 15.4 Å². The van der Waals surface area contributed by atoms with Crippen LogP contribution in [-0.4, -0.2) is 28.1 Å². The van der Waals surface area contributed by atoms with Gasteiger partial charge in [-0.1, -0.05) is 12.1 Å². The third-order valence-electron chi connectivity index (χ3n) is 4.05. The van der Waals surface area contributed by atoms with Crippen LogP contribution in [0.1, 0.15) is 24.1 Å². The van der Waals surface area contributed by atoms with Crippen molar-refractivity contribution in [3.8, 4) is 5.75 Å². The highest BCUT2D eigenvalue weighted by Crippen LogP contribution is 2.28. The summed E-state index contributed by atoms with van der Waals surface area (Å²) < 4.78 is 5.23. The van der Waals surface area contributed by atoms with Gasteiger partial charge < -0.3 is 20.5 Å². The third-order valence-corrected chi connectivity index (χ3v) is 4.05. The average molecular weight is 379 g/mol. The standard InChI is InChI=1S/C20H17N3O5/c1-12-17(19(25)26)18(23-20(27)22-12)14-3-5-15(6-4-14)28-16(24)7-2-13-8-10-21-11-9-13/h2-11,18H,1H3,(H,25,26)(H2,22,23,27). The predicted octanol–water partition coefficient (Wildman–Crippen LogP) is 2.41. The Morgan fingerprint density at radius 3 is 2.46 bits per heavy atom.